The topological polar surface area (TPSA) is 78.8 Å². The van der Waals surface area contributed by atoms with Crippen molar-refractivity contribution in [1.29, 1.82) is 5.26 Å². The Morgan fingerprint density at radius 3 is 2.59 bits per heavy atom. The average Bonchev–Trinajstić information content (AvgIpc) is 3.36. The van der Waals surface area contributed by atoms with Crippen molar-refractivity contribution in [3.63, 3.8) is 0 Å². The number of hydrogen-bond donors (Lipinski definition) is 1. The minimum Gasteiger partial charge on any atom is -0.455 e. The maximum absolute atomic E-state index is 12.7. The molecule has 3 aromatic carbocycles. The van der Waals surface area contributed by atoms with Gasteiger partial charge >= 0.3 is 0 Å². The lowest BCUT2D eigenvalue weighted by Gasteiger charge is -2.13. The van der Waals surface area contributed by atoms with Gasteiger partial charge in [0.25, 0.3) is 0 Å². The molecule has 1 aliphatic rings. The van der Waals surface area contributed by atoms with Crippen molar-refractivity contribution in [3.8, 4) is 28.7 Å². The van der Waals surface area contributed by atoms with E-state index in [1.165, 1.54) is 0 Å². The van der Waals surface area contributed by atoms with Crippen molar-refractivity contribution in [1.82, 2.24) is 9.97 Å². The number of ether oxygens (including phenoxy) is 1. The van der Waals surface area contributed by atoms with Crippen LogP contribution < -0.4 is 4.74 Å². The fraction of sp³-hybridized carbons (Fsp3) is 0.0417. The molecule has 0 saturated carbocycles. The third-order valence-electron chi connectivity index (χ3n) is 5.02. The second-order valence-electron chi connectivity index (χ2n) is 6.81. The lowest BCUT2D eigenvalue weighted by atomic mass is 10.0. The smallest absolute Gasteiger partial charge is 0.194 e. The summed E-state index contributed by atoms with van der Waals surface area (Å²) in [5, 5.41) is 9.53. The number of carbonyl (C=O) groups excluding carboxylic acids is 1. The predicted molar refractivity (Wildman–Crippen MR) is 108 cm³/mol. The first kappa shape index (κ1) is 17.0. The summed E-state index contributed by atoms with van der Waals surface area (Å²) in [5.41, 5.74) is 4.32. The SMILES string of the molecule is N#Cc1ccc(Cc2ncc[nH]2)cc1Oc1cccc2c1-c1ccccc1C2=O. The zero-order chi connectivity index (χ0) is 19.8. The van der Waals surface area contributed by atoms with Gasteiger partial charge in [0.05, 0.1) is 5.56 Å². The Labute approximate surface area is 167 Å². The third-order valence-corrected chi connectivity index (χ3v) is 5.02. The molecule has 5 heteroatoms. The standard InChI is InChI=1S/C24H15N3O2/c25-14-16-9-8-15(13-22-26-10-11-27-22)12-21(16)29-20-7-3-6-19-23(20)17-4-1-2-5-18(17)24(19)28/h1-12H,13H2,(H,26,27). The molecule has 29 heavy (non-hydrogen) atoms. The van der Waals surface area contributed by atoms with Crippen LogP contribution in [0.2, 0.25) is 0 Å². The van der Waals surface area contributed by atoms with Crippen LogP contribution >= 0.6 is 0 Å². The largest absolute Gasteiger partial charge is 0.455 e. The summed E-state index contributed by atoms with van der Waals surface area (Å²) in [7, 11) is 0. The van der Waals surface area contributed by atoms with Gasteiger partial charge in [0.2, 0.25) is 0 Å². The lowest BCUT2D eigenvalue weighted by Crippen LogP contribution is -1.97. The average molecular weight is 377 g/mol. The van der Waals surface area contributed by atoms with Crippen LogP contribution in [-0.2, 0) is 6.42 Å². The molecular weight excluding hydrogens is 362 g/mol. The maximum atomic E-state index is 12.7. The van der Waals surface area contributed by atoms with Crippen molar-refractivity contribution in [2.24, 2.45) is 0 Å². The number of imidazole rings is 1. The van der Waals surface area contributed by atoms with E-state index in [-0.39, 0.29) is 5.78 Å². The molecule has 138 valence electrons. The van der Waals surface area contributed by atoms with Crippen LogP contribution in [0.15, 0.2) is 73.1 Å². The number of nitriles is 1. The zero-order valence-corrected chi connectivity index (χ0v) is 15.3. The van der Waals surface area contributed by atoms with E-state index in [4.69, 9.17) is 4.74 Å². The van der Waals surface area contributed by atoms with Crippen LogP contribution in [0.25, 0.3) is 11.1 Å². The molecule has 0 unspecified atom stereocenters. The number of H-pyrrole nitrogens is 1. The molecule has 0 bridgehead atoms. The first-order valence-electron chi connectivity index (χ1n) is 9.21. The Balaban J connectivity index is 1.57. The summed E-state index contributed by atoms with van der Waals surface area (Å²) in [6.07, 6.45) is 4.08. The van der Waals surface area contributed by atoms with Gasteiger partial charge < -0.3 is 9.72 Å². The number of benzene rings is 3. The molecule has 0 amide bonds. The van der Waals surface area contributed by atoms with Crippen molar-refractivity contribution >= 4 is 5.78 Å². The number of aromatic amines is 1. The molecule has 5 nitrogen and oxygen atoms in total. The van der Waals surface area contributed by atoms with Gasteiger partial charge in [-0.15, -0.1) is 0 Å². The molecule has 5 rings (SSSR count). The fourth-order valence-electron chi connectivity index (χ4n) is 3.69. The molecule has 0 radical (unpaired) electrons. The summed E-state index contributed by atoms with van der Waals surface area (Å²) < 4.78 is 6.20. The second kappa shape index (κ2) is 6.77. The highest BCUT2D eigenvalue weighted by atomic mass is 16.5. The lowest BCUT2D eigenvalue weighted by molar-refractivity contribution is 0.104. The molecule has 4 aromatic rings. The zero-order valence-electron chi connectivity index (χ0n) is 15.3. The van der Waals surface area contributed by atoms with E-state index in [1.807, 2.05) is 48.5 Å². The number of aromatic nitrogens is 2. The summed E-state index contributed by atoms with van der Waals surface area (Å²) in [6.45, 7) is 0. The molecule has 0 aliphatic heterocycles. The van der Waals surface area contributed by atoms with Crippen molar-refractivity contribution in [2.45, 2.75) is 6.42 Å². The van der Waals surface area contributed by atoms with Gasteiger partial charge in [-0.3, -0.25) is 4.79 Å². The predicted octanol–water partition coefficient (Wildman–Crippen LogP) is 4.88. The third kappa shape index (κ3) is 2.88. The molecule has 1 aliphatic carbocycles. The normalized spacial score (nSPS) is 11.6. The summed E-state index contributed by atoms with van der Waals surface area (Å²) in [6, 6.07) is 20.6. The first-order valence-corrected chi connectivity index (χ1v) is 9.21. The van der Waals surface area contributed by atoms with Gasteiger partial charge in [-0.1, -0.05) is 42.5 Å². The van der Waals surface area contributed by atoms with Gasteiger partial charge in [0.15, 0.2) is 5.78 Å². The Hall–Kier alpha value is -4.17. The van der Waals surface area contributed by atoms with Crippen LogP contribution in [0.1, 0.15) is 32.9 Å². The Morgan fingerprint density at radius 1 is 0.966 bits per heavy atom. The molecular formula is C24H15N3O2. The van der Waals surface area contributed by atoms with Crippen LogP contribution in [0.3, 0.4) is 0 Å². The number of carbonyl (C=O) groups is 1. The van der Waals surface area contributed by atoms with Crippen LogP contribution in [0.4, 0.5) is 0 Å². The van der Waals surface area contributed by atoms with Gasteiger partial charge in [0.1, 0.15) is 23.4 Å². The molecule has 0 spiro atoms. The van der Waals surface area contributed by atoms with Gasteiger partial charge in [-0.2, -0.15) is 5.26 Å². The summed E-state index contributed by atoms with van der Waals surface area (Å²) in [4.78, 5) is 20.1. The van der Waals surface area contributed by atoms with E-state index in [0.717, 1.165) is 22.5 Å². The van der Waals surface area contributed by atoms with Crippen LogP contribution in [0.5, 0.6) is 11.5 Å². The minimum absolute atomic E-state index is 0.00636. The fourth-order valence-corrected chi connectivity index (χ4v) is 3.69. The van der Waals surface area contributed by atoms with Crippen molar-refractivity contribution in [2.75, 3.05) is 0 Å². The van der Waals surface area contributed by atoms with Gasteiger partial charge in [0, 0.05) is 35.5 Å². The number of ketones is 1. The minimum atomic E-state index is -0.00636. The highest BCUT2D eigenvalue weighted by Gasteiger charge is 2.29. The van der Waals surface area contributed by atoms with E-state index in [2.05, 4.69) is 16.0 Å². The Bertz CT molecular complexity index is 1280. The molecule has 1 aromatic heterocycles. The summed E-state index contributed by atoms with van der Waals surface area (Å²) in [5.74, 6) is 1.85. The Morgan fingerprint density at radius 2 is 1.79 bits per heavy atom. The molecule has 1 heterocycles. The van der Waals surface area contributed by atoms with Crippen LogP contribution in [0, 0.1) is 11.3 Å². The highest BCUT2D eigenvalue weighted by molar-refractivity contribution is 6.22. The van der Waals surface area contributed by atoms with E-state index in [9.17, 15) is 10.1 Å². The van der Waals surface area contributed by atoms with E-state index in [0.29, 0.717) is 34.6 Å². The van der Waals surface area contributed by atoms with E-state index < -0.39 is 0 Å². The van der Waals surface area contributed by atoms with E-state index >= 15 is 0 Å². The number of hydrogen-bond acceptors (Lipinski definition) is 4. The monoisotopic (exact) mass is 377 g/mol. The number of nitrogens with one attached hydrogen (secondary N) is 1. The van der Waals surface area contributed by atoms with E-state index in [1.54, 1.807) is 24.5 Å². The van der Waals surface area contributed by atoms with Crippen molar-refractivity contribution < 1.29 is 9.53 Å². The molecule has 1 N–H and O–H groups in total. The number of rotatable bonds is 4. The second-order valence-corrected chi connectivity index (χ2v) is 6.81. The van der Waals surface area contributed by atoms with Crippen molar-refractivity contribution in [3.05, 3.63) is 101 Å². The molecule has 0 fully saturated rings. The molecule has 0 saturated heterocycles. The quantitative estimate of drug-likeness (QED) is 0.484. The van der Waals surface area contributed by atoms with Gasteiger partial charge in [-0.05, 0) is 29.3 Å². The number of fused-ring (bicyclic) bond motifs is 3. The highest BCUT2D eigenvalue weighted by Crippen LogP contribution is 2.44. The number of nitrogens with zero attached hydrogens (tertiary/aromatic N) is 2. The maximum Gasteiger partial charge on any atom is 0.194 e. The first-order chi connectivity index (χ1) is 14.2. The Kier molecular flexibility index (Phi) is 3.96. The van der Waals surface area contributed by atoms with Gasteiger partial charge in [-0.25, -0.2) is 4.98 Å². The molecule has 0 atom stereocenters. The van der Waals surface area contributed by atoms with Crippen LogP contribution in [-0.4, -0.2) is 15.8 Å². The summed E-state index contributed by atoms with van der Waals surface area (Å²) >= 11 is 0.